The number of hydrogen-bond donors (Lipinski definition) is 0. The summed E-state index contributed by atoms with van der Waals surface area (Å²) in [5, 5.41) is 2.10. The van der Waals surface area contributed by atoms with E-state index in [-0.39, 0.29) is 0 Å². The number of rotatable bonds is 7. The number of nitrogens with zero attached hydrogens (tertiary/aromatic N) is 1. The van der Waals surface area contributed by atoms with Gasteiger partial charge >= 0.3 is 0 Å². The minimum absolute atomic E-state index is 0.575. The Morgan fingerprint density at radius 2 is 2.00 bits per heavy atom. The molecule has 3 heteroatoms. The summed E-state index contributed by atoms with van der Waals surface area (Å²) in [4.78, 5) is 14.0. The van der Waals surface area contributed by atoms with Crippen LogP contribution in [0.2, 0.25) is 0 Å². The number of anilines is 1. The summed E-state index contributed by atoms with van der Waals surface area (Å²) in [6, 6.07) is 2.59. The molecule has 0 aliphatic heterocycles. The highest BCUT2D eigenvalue weighted by atomic mass is 32.1. The van der Waals surface area contributed by atoms with Crippen molar-refractivity contribution in [2.45, 2.75) is 46.6 Å². The van der Waals surface area contributed by atoms with Crippen molar-refractivity contribution in [2.24, 2.45) is 5.92 Å². The minimum atomic E-state index is 0.575. The largest absolute Gasteiger partial charge is 0.368 e. The summed E-state index contributed by atoms with van der Waals surface area (Å²) >= 11 is 1.53. The molecule has 1 aromatic heterocycles. The topological polar surface area (TPSA) is 20.3 Å². The molecule has 0 unspecified atom stereocenters. The molecule has 0 atom stereocenters. The fourth-order valence-electron chi connectivity index (χ4n) is 2.14. The Labute approximate surface area is 109 Å². The second-order valence-electron chi connectivity index (χ2n) is 4.84. The summed E-state index contributed by atoms with van der Waals surface area (Å²) in [6.45, 7) is 10.00. The van der Waals surface area contributed by atoms with Crippen LogP contribution in [0, 0.1) is 5.92 Å². The summed E-state index contributed by atoms with van der Waals surface area (Å²) in [5.41, 5.74) is 1.21. The lowest BCUT2D eigenvalue weighted by atomic mass is 10.1. The van der Waals surface area contributed by atoms with E-state index in [1.807, 2.05) is 6.07 Å². The number of carbonyl (C=O) groups excluding carboxylic acids is 1. The molecule has 0 fully saturated rings. The van der Waals surface area contributed by atoms with Gasteiger partial charge in [0.15, 0.2) is 6.29 Å². The van der Waals surface area contributed by atoms with Crippen molar-refractivity contribution in [2.75, 3.05) is 11.4 Å². The molecule has 2 nitrogen and oxygen atoms in total. The third-order valence-electron chi connectivity index (χ3n) is 3.00. The molecular weight excluding hydrogens is 230 g/mol. The quantitative estimate of drug-likeness (QED) is 0.678. The third kappa shape index (κ3) is 3.84. The van der Waals surface area contributed by atoms with Gasteiger partial charge in [0.2, 0.25) is 0 Å². The van der Waals surface area contributed by atoms with Crippen LogP contribution in [0.1, 0.15) is 50.2 Å². The number of aldehydes is 1. The summed E-state index contributed by atoms with van der Waals surface area (Å²) in [5.74, 6) is 0.634. The van der Waals surface area contributed by atoms with Gasteiger partial charge in [-0.2, -0.15) is 0 Å². The van der Waals surface area contributed by atoms with Crippen LogP contribution in [-0.2, 0) is 0 Å². The van der Waals surface area contributed by atoms with Gasteiger partial charge in [0.1, 0.15) is 0 Å². The monoisotopic (exact) mass is 253 g/mol. The molecule has 1 rings (SSSR count). The second kappa shape index (κ2) is 6.80. The Hall–Kier alpha value is -0.830. The van der Waals surface area contributed by atoms with Gasteiger partial charge in [0.05, 0.1) is 4.88 Å². The molecule has 0 radical (unpaired) electrons. The Morgan fingerprint density at radius 1 is 1.35 bits per heavy atom. The van der Waals surface area contributed by atoms with E-state index >= 15 is 0 Å². The van der Waals surface area contributed by atoms with Gasteiger partial charge in [-0.3, -0.25) is 4.79 Å². The molecule has 0 amide bonds. The van der Waals surface area contributed by atoms with Crippen LogP contribution >= 0.6 is 11.3 Å². The number of hydrogen-bond acceptors (Lipinski definition) is 3. The predicted molar refractivity (Wildman–Crippen MR) is 76.3 cm³/mol. The zero-order chi connectivity index (χ0) is 12.8. The van der Waals surface area contributed by atoms with Crippen molar-refractivity contribution in [1.82, 2.24) is 0 Å². The van der Waals surface area contributed by atoms with Gasteiger partial charge in [0, 0.05) is 23.7 Å². The highest BCUT2D eigenvalue weighted by Crippen LogP contribution is 2.26. The maximum Gasteiger partial charge on any atom is 0.160 e. The molecule has 0 N–H and O–H groups in total. The average Bonchev–Trinajstić information content (AvgIpc) is 2.77. The third-order valence-corrected chi connectivity index (χ3v) is 3.84. The van der Waals surface area contributed by atoms with E-state index in [1.54, 1.807) is 0 Å². The van der Waals surface area contributed by atoms with Crippen molar-refractivity contribution in [1.29, 1.82) is 0 Å². The van der Waals surface area contributed by atoms with Crippen molar-refractivity contribution in [3.05, 3.63) is 16.3 Å². The molecule has 1 aromatic rings. The molecule has 1 heterocycles. The van der Waals surface area contributed by atoms with Crippen molar-refractivity contribution in [3.8, 4) is 0 Å². The zero-order valence-corrected chi connectivity index (χ0v) is 12.1. The van der Waals surface area contributed by atoms with Crippen LogP contribution in [0.3, 0.4) is 0 Å². The highest BCUT2D eigenvalue weighted by Gasteiger charge is 2.18. The first kappa shape index (κ1) is 14.2. The van der Waals surface area contributed by atoms with E-state index in [2.05, 4.69) is 38.0 Å². The highest BCUT2D eigenvalue weighted by molar-refractivity contribution is 7.12. The lowest BCUT2D eigenvalue weighted by Crippen LogP contribution is -2.37. The lowest BCUT2D eigenvalue weighted by Gasteiger charge is -2.33. The minimum Gasteiger partial charge on any atom is -0.368 e. The fraction of sp³-hybridized carbons (Fsp3) is 0.643. The lowest BCUT2D eigenvalue weighted by molar-refractivity contribution is 0.112. The van der Waals surface area contributed by atoms with E-state index in [9.17, 15) is 4.79 Å². The second-order valence-corrected chi connectivity index (χ2v) is 5.78. The smallest absolute Gasteiger partial charge is 0.160 e. The van der Waals surface area contributed by atoms with E-state index in [0.29, 0.717) is 12.0 Å². The average molecular weight is 253 g/mol. The van der Waals surface area contributed by atoms with Crippen molar-refractivity contribution < 1.29 is 4.79 Å². The van der Waals surface area contributed by atoms with Crippen LogP contribution in [0.4, 0.5) is 5.69 Å². The summed E-state index contributed by atoms with van der Waals surface area (Å²) < 4.78 is 0. The Balaban J connectivity index is 2.91. The zero-order valence-electron chi connectivity index (χ0n) is 11.3. The predicted octanol–water partition coefficient (Wildman–Crippen LogP) is 4.21. The van der Waals surface area contributed by atoms with E-state index < -0.39 is 0 Å². The van der Waals surface area contributed by atoms with Gasteiger partial charge in [-0.1, -0.05) is 27.7 Å². The molecule has 96 valence electrons. The van der Waals surface area contributed by atoms with E-state index in [4.69, 9.17) is 0 Å². The SMILES string of the molecule is CCC(CC)N(CC(C)C)c1csc(C=O)c1. The van der Waals surface area contributed by atoms with Gasteiger partial charge in [-0.15, -0.1) is 11.3 Å². The van der Waals surface area contributed by atoms with Crippen molar-refractivity contribution in [3.63, 3.8) is 0 Å². The molecule has 0 aliphatic carbocycles. The Kier molecular flexibility index (Phi) is 5.69. The maximum atomic E-state index is 10.8. The summed E-state index contributed by atoms with van der Waals surface area (Å²) in [7, 11) is 0. The molecule has 0 bridgehead atoms. The molecule has 0 saturated carbocycles. The van der Waals surface area contributed by atoms with Gasteiger partial charge < -0.3 is 4.90 Å². The van der Waals surface area contributed by atoms with Crippen LogP contribution in [0.25, 0.3) is 0 Å². The van der Waals surface area contributed by atoms with Gasteiger partial charge in [-0.25, -0.2) is 0 Å². The molecule has 17 heavy (non-hydrogen) atoms. The molecule has 0 aliphatic rings. The first-order valence-electron chi connectivity index (χ1n) is 6.42. The fourth-order valence-corrected chi connectivity index (χ4v) is 2.85. The van der Waals surface area contributed by atoms with Crippen LogP contribution in [0.5, 0.6) is 0 Å². The standard InChI is InChI=1S/C14H23NOS/c1-5-12(6-2)15(8-11(3)4)13-7-14(9-16)17-10-13/h7,9-12H,5-6,8H2,1-4H3. The Bertz CT molecular complexity index is 342. The molecule has 0 spiro atoms. The van der Waals surface area contributed by atoms with Gasteiger partial charge in [0.25, 0.3) is 0 Å². The number of thiophene rings is 1. The van der Waals surface area contributed by atoms with E-state index in [1.165, 1.54) is 17.0 Å². The van der Waals surface area contributed by atoms with Crippen LogP contribution in [0.15, 0.2) is 11.4 Å². The van der Waals surface area contributed by atoms with Crippen LogP contribution in [-0.4, -0.2) is 18.9 Å². The van der Waals surface area contributed by atoms with Gasteiger partial charge in [-0.05, 0) is 24.8 Å². The normalized spacial score (nSPS) is 11.2. The molecule has 0 aromatic carbocycles. The summed E-state index contributed by atoms with van der Waals surface area (Å²) in [6.07, 6.45) is 3.24. The van der Waals surface area contributed by atoms with Crippen LogP contribution < -0.4 is 4.90 Å². The number of carbonyl (C=O) groups is 1. The van der Waals surface area contributed by atoms with E-state index in [0.717, 1.165) is 30.5 Å². The first-order chi connectivity index (χ1) is 8.12. The van der Waals surface area contributed by atoms with Crippen molar-refractivity contribution >= 4 is 23.3 Å². The molecular formula is C14H23NOS. The molecule has 0 saturated heterocycles. The Morgan fingerprint density at radius 3 is 2.41 bits per heavy atom. The maximum absolute atomic E-state index is 10.8. The first-order valence-corrected chi connectivity index (χ1v) is 7.30.